The van der Waals surface area contributed by atoms with Crippen LogP contribution >= 0.6 is 0 Å². The summed E-state index contributed by atoms with van der Waals surface area (Å²) in [5.41, 5.74) is -1.19. The van der Waals surface area contributed by atoms with Gasteiger partial charge in [-0.05, 0) is 60.8 Å². The van der Waals surface area contributed by atoms with Gasteiger partial charge in [0.15, 0.2) is 0 Å². The van der Waals surface area contributed by atoms with Crippen LogP contribution in [0.1, 0.15) is 67.2 Å². The topological polar surface area (TPSA) is 114 Å². The number of hydrogen-bond donors (Lipinski definition) is 3. The summed E-state index contributed by atoms with van der Waals surface area (Å²) < 4.78 is 10.3. The Hall–Kier alpha value is -1.99. The van der Waals surface area contributed by atoms with E-state index < -0.39 is 35.4 Å². The fourth-order valence-electron chi connectivity index (χ4n) is 1.93. The minimum absolute atomic E-state index is 0.182. The van der Waals surface area contributed by atoms with Crippen LogP contribution in [-0.2, 0) is 14.3 Å². The van der Waals surface area contributed by atoms with E-state index in [2.05, 4.69) is 10.6 Å². The molecule has 3 N–H and O–H groups in total. The van der Waals surface area contributed by atoms with Gasteiger partial charge >= 0.3 is 18.2 Å². The second-order valence-corrected chi connectivity index (χ2v) is 7.87. The molecular formula is C17H32N2O6. The van der Waals surface area contributed by atoms with Crippen molar-refractivity contribution in [2.24, 2.45) is 0 Å². The molecule has 0 fully saturated rings. The lowest BCUT2D eigenvalue weighted by Crippen LogP contribution is -2.40. The summed E-state index contributed by atoms with van der Waals surface area (Å²) in [6, 6.07) is -0.520. The summed E-state index contributed by atoms with van der Waals surface area (Å²) in [5.74, 6) is -0.993. The molecule has 1 atom stereocenters. The number of carbonyl (C=O) groups is 3. The molecule has 0 aromatic heterocycles. The molecule has 0 radical (unpaired) electrons. The SMILES string of the molecule is CC(C)(C)OC(=O)NCCCC[C@H](CC(=O)O)NC(=O)OC(C)(C)C. The number of hydrogen-bond acceptors (Lipinski definition) is 5. The quantitative estimate of drug-likeness (QED) is 0.573. The van der Waals surface area contributed by atoms with Crippen LogP contribution in [0, 0.1) is 0 Å². The molecule has 0 rings (SSSR count). The van der Waals surface area contributed by atoms with E-state index in [4.69, 9.17) is 14.6 Å². The zero-order chi connectivity index (χ0) is 19.7. The molecule has 0 aliphatic heterocycles. The van der Waals surface area contributed by atoms with Gasteiger partial charge in [-0.1, -0.05) is 0 Å². The van der Waals surface area contributed by atoms with Gasteiger partial charge < -0.3 is 25.2 Å². The second-order valence-electron chi connectivity index (χ2n) is 7.87. The summed E-state index contributed by atoms with van der Waals surface area (Å²) >= 11 is 0. The maximum Gasteiger partial charge on any atom is 0.407 e. The highest BCUT2D eigenvalue weighted by Gasteiger charge is 2.21. The molecule has 0 bridgehead atoms. The van der Waals surface area contributed by atoms with Crippen molar-refractivity contribution in [1.29, 1.82) is 0 Å². The summed E-state index contributed by atoms with van der Waals surface area (Å²) in [4.78, 5) is 34.2. The van der Waals surface area contributed by atoms with Crippen LogP contribution in [0.25, 0.3) is 0 Å². The van der Waals surface area contributed by atoms with Crippen molar-refractivity contribution in [3.63, 3.8) is 0 Å². The Morgan fingerprint density at radius 1 is 0.920 bits per heavy atom. The molecule has 0 aliphatic rings. The van der Waals surface area contributed by atoms with Gasteiger partial charge in [-0.2, -0.15) is 0 Å². The van der Waals surface area contributed by atoms with Crippen molar-refractivity contribution in [2.45, 2.75) is 84.5 Å². The number of nitrogens with one attached hydrogen (secondary N) is 2. The molecule has 8 nitrogen and oxygen atoms in total. The van der Waals surface area contributed by atoms with Crippen molar-refractivity contribution >= 4 is 18.2 Å². The molecular weight excluding hydrogens is 328 g/mol. The molecule has 0 aliphatic carbocycles. The molecule has 0 aromatic carbocycles. The van der Waals surface area contributed by atoms with Crippen LogP contribution in [-0.4, -0.2) is 47.1 Å². The first-order chi connectivity index (χ1) is 11.3. The minimum Gasteiger partial charge on any atom is -0.481 e. The molecule has 0 saturated heterocycles. The Balaban J connectivity index is 4.18. The number of amides is 2. The van der Waals surface area contributed by atoms with Gasteiger partial charge in [-0.3, -0.25) is 4.79 Å². The van der Waals surface area contributed by atoms with Crippen LogP contribution < -0.4 is 10.6 Å². The number of carbonyl (C=O) groups excluding carboxylic acids is 2. The fraction of sp³-hybridized carbons (Fsp3) is 0.824. The fourth-order valence-corrected chi connectivity index (χ4v) is 1.93. The van der Waals surface area contributed by atoms with Gasteiger partial charge in [0.25, 0.3) is 0 Å². The number of unbranched alkanes of at least 4 members (excludes halogenated alkanes) is 1. The van der Waals surface area contributed by atoms with Gasteiger partial charge in [0.1, 0.15) is 11.2 Å². The largest absolute Gasteiger partial charge is 0.481 e. The summed E-state index contributed by atoms with van der Waals surface area (Å²) in [6.07, 6.45) is 0.460. The average molecular weight is 360 g/mol. The van der Waals surface area contributed by atoms with Crippen LogP contribution in [0.15, 0.2) is 0 Å². The lowest BCUT2D eigenvalue weighted by molar-refractivity contribution is -0.137. The van der Waals surface area contributed by atoms with E-state index in [0.29, 0.717) is 25.8 Å². The molecule has 8 heteroatoms. The van der Waals surface area contributed by atoms with E-state index in [1.54, 1.807) is 41.5 Å². The normalized spacial score (nSPS) is 12.9. The lowest BCUT2D eigenvalue weighted by Gasteiger charge is -2.23. The predicted molar refractivity (Wildman–Crippen MR) is 93.5 cm³/mol. The van der Waals surface area contributed by atoms with E-state index in [0.717, 1.165) is 0 Å². The predicted octanol–water partition coefficient (Wildman–Crippen LogP) is 3.05. The van der Waals surface area contributed by atoms with Gasteiger partial charge in [0.2, 0.25) is 0 Å². The number of ether oxygens (including phenoxy) is 2. The maximum atomic E-state index is 11.8. The Bertz CT molecular complexity index is 451. The standard InChI is InChI=1S/C17H32N2O6/c1-16(2,3)24-14(22)18-10-8-7-9-12(11-13(20)21)19-15(23)25-17(4,5)6/h12H,7-11H2,1-6H3,(H,18,22)(H,19,23)(H,20,21)/t12-/m1/s1. The Labute approximate surface area is 149 Å². The van der Waals surface area contributed by atoms with Crippen LogP contribution in [0.5, 0.6) is 0 Å². The van der Waals surface area contributed by atoms with Crippen molar-refractivity contribution in [3.05, 3.63) is 0 Å². The number of rotatable bonds is 8. The Morgan fingerprint density at radius 3 is 1.92 bits per heavy atom. The molecule has 25 heavy (non-hydrogen) atoms. The number of alkyl carbamates (subject to hydrolysis) is 2. The third-order valence-electron chi connectivity index (χ3n) is 2.79. The molecule has 0 aromatic rings. The highest BCUT2D eigenvalue weighted by Crippen LogP contribution is 2.10. The van der Waals surface area contributed by atoms with E-state index in [-0.39, 0.29) is 6.42 Å². The van der Waals surface area contributed by atoms with Crippen molar-refractivity contribution < 1.29 is 29.0 Å². The van der Waals surface area contributed by atoms with Crippen molar-refractivity contribution in [2.75, 3.05) is 6.54 Å². The number of carboxylic acid groups (broad SMARTS) is 1. The molecule has 146 valence electrons. The first-order valence-corrected chi connectivity index (χ1v) is 8.46. The third-order valence-corrected chi connectivity index (χ3v) is 2.79. The van der Waals surface area contributed by atoms with Gasteiger partial charge in [-0.25, -0.2) is 9.59 Å². The monoisotopic (exact) mass is 360 g/mol. The van der Waals surface area contributed by atoms with Crippen LogP contribution in [0.4, 0.5) is 9.59 Å². The maximum absolute atomic E-state index is 11.8. The first kappa shape index (κ1) is 23.0. The highest BCUT2D eigenvalue weighted by molar-refractivity contribution is 5.71. The second kappa shape index (κ2) is 10.1. The average Bonchev–Trinajstić information content (AvgIpc) is 2.32. The zero-order valence-corrected chi connectivity index (χ0v) is 16.1. The summed E-state index contributed by atoms with van der Waals surface area (Å²) in [5, 5.41) is 14.2. The van der Waals surface area contributed by atoms with E-state index >= 15 is 0 Å². The van der Waals surface area contributed by atoms with Crippen LogP contribution in [0.2, 0.25) is 0 Å². The van der Waals surface area contributed by atoms with Crippen LogP contribution in [0.3, 0.4) is 0 Å². The molecule has 0 spiro atoms. The summed E-state index contributed by atoms with van der Waals surface area (Å²) in [6.45, 7) is 11.0. The zero-order valence-electron chi connectivity index (χ0n) is 16.1. The Kier molecular flexibility index (Phi) is 9.30. The summed E-state index contributed by atoms with van der Waals surface area (Å²) in [7, 11) is 0. The molecule has 0 unspecified atom stereocenters. The molecule has 2 amide bonds. The third kappa shape index (κ3) is 15.3. The molecule has 0 saturated carbocycles. The van der Waals surface area contributed by atoms with E-state index in [1.807, 2.05) is 0 Å². The highest BCUT2D eigenvalue weighted by atomic mass is 16.6. The smallest absolute Gasteiger partial charge is 0.407 e. The van der Waals surface area contributed by atoms with Gasteiger partial charge in [-0.15, -0.1) is 0 Å². The Morgan fingerprint density at radius 2 is 1.44 bits per heavy atom. The van der Waals surface area contributed by atoms with E-state index in [1.165, 1.54) is 0 Å². The van der Waals surface area contributed by atoms with Gasteiger partial charge in [0, 0.05) is 12.6 Å². The molecule has 0 heterocycles. The number of carboxylic acids is 1. The lowest BCUT2D eigenvalue weighted by atomic mass is 10.1. The van der Waals surface area contributed by atoms with Crippen molar-refractivity contribution in [3.8, 4) is 0 Å². The first-order valence-electron chi connectivity index (χ1n) is 8.46. The van der Waals surface area contributed by atoms with E-state index in [9.17, 15) is 14.4 Å². The number of aliphatic carboxylic acids is 1. The minimum atomic E-state index is -0.993. The van der Waals surface area contributed by atoms with Crippen molar-refractivity contribution in [1.82, 2.24) is 10.6 Å². The van der Waals surface area contributed by atoms with Gasteiger partial charge in [0.05, 0.1) is 6.42 Å².